The molecule has 1 aromatic rings. The SMILES string of the molecule is CC1(C)[C@@]2(C)CC[C@]1(C(=O)N1CCc3ccccc31)[C@H](Br)C2=O. The van der Waals surface area contributed by atoms with Gasteiger partial charge in [-0.2, -0.15) is 0 Å². The lowest BCUT2D eigenvalue weighted by molar-refractivity contribution is -0.133. The molecule has 0 aromatic heterocycles. The van der Waals surface area contributed by atoms with Crippen molar-refractivity contribution in [2.75, 3.05) is 11.4 Å². The van der Waals surface area contributed by atoms with Crippen LogP contribution in [0, 0.1) is 16.2 Å². The van der Waals surface area contributed by atoms with Crippen LogP contribution in [0.15, 0.2) is 24.3 Å². The molecule has 4 rings (SSSR count). The summed E-state index contributed by atoms with van der Waals surface area (Å²) in [6, 6.07) is 8.12. The highest BCUT2D eigenvalue weighted by Gasteiger charge is 2.77. The Morgan fingerprint density at radius 2 is 1.91 bits per heavy atom. The Labute approximate surface area is 145 Å². The Balaban J connectivity index is 1.82. The first-order valence-electron chi connectivity index (χ1n) is 8.36. The van der Waals surface area contributed by atoms with E-state index < -0.39 is 10.8 Å². The van der Waals surface area contributed by atoms with Crippen LogP contribution in [-0.4, -0.2) is 23.1 Å². The fourth-order valence-electron chi connectivity index (χ4n) is 5.22. The number of amides is 1. The molecule has 0 saturated heterocycles. The lowest BCUT2D eigenvalue weighted by Gasteiger charge is -2.42. The zero-order chi connectivity index (χ0) is 16.6. The van der Waals surface area contributed by atoms with E-state index in [0.717, 1.165) is 31.5 Å². The fraction of sp³-hybridized carbons (Fsp3) is 0.579. The number of anilines is 1. The van der Waals surface area contributed by atoms with Crippen molar-refractivity contribution in [3.05, 3.63) is 29.8 Å². The van der Waals surface area contributed by atoms with Crippen LogP contribution >= 0.6 is 15.9 Å². The number of ketones is 1. The molecular weight excluding hydrogens is 354 g/mol. The molecule has 1 aromatic carbocycles. The normalized spacial score (nSPS) is 37.3. The molecule has 122 valence electrons. The predicted molar refractivity (Wildman–Crippen MR) is 93.8 cm³/mol. The predicted octanol–water partition coefficient (Wildman–Crippen LogP) is 3.73. The monoisotopic (exact) mass is 375 g/mol. The van der Waals surface area contributed by atoms with E-state index in [1.54, 1.807) is 0 Å². The van der Waals surface area contributed by atoms with Crippen LogP contribution in [0.25, 0.3) is 0 Å². The van der Waals surface area contributed by atoms with Crippen LogP contribution < -0.4 is 4.90 Å². The number of hydrogen-bond acceptors (Lipinski definition) is 2. The summed E-state index contributed by atoms with van der Waals surface area (Å²) >= 11 is 3.62. The van der Waals surface area contributed by atoms with E-state index in [4.69, 9.17) is 0 Å². The van der Waals surface area contributed by atoms with Crippen LogP contribution in [-0.2, 0) is 16.0 Å². The molecule has 3 aliphatic rings. The maximum absolute atomic E-state index is 13.6. The van der Waals surface area contributed by atoms with Crippen molar-refractivity contribution < 1.29 is 9.59 Å². The van der Waals surface area contributed by atoms with Crippen molar-refractivity contribution in [1.82, 2.24) is 0 Å². The Hall–Kier alpha value is -1.16. The van der Waals surface area contributed by atoms with Crippen molar-refractivity contribution in [2.24, 2.45) is 16.2 Å². The molecule has 0 unspecified atom stereocenters. The van der Waals surface area contributed by atoms with Gasteiger partial charge in [0, 0.05) is 17.6 Å². The largest absolute Gasteiger partial charge is 0.311 e. The Bertz CT molecular complexity index is 728. The van der Waals surface area contributed by atoms with E-state index in [0.29, 0.717) is 0 Å². The number of Topliss-reactive ketones (excluding diaryl/α,β-unsaturated/α-hetero) is 1. The number of nitrogens with zero attached hydrogens (tertiary/aromatic N) is 1. The number of hydrogen-bond donors (Lipinski definition) is 0. The van der Waals surface area contributed by atoms with Gasteiger partial charge in [-0.1, -0.05) is 54.9 Å². The number of alkyl halides is 1. The van der Waals surface area contributed by atoms with Gasteiger partial charge in [-0.25, -0.2) is 0 Å². The van der Waals surface area contributed by atoms with Crippen molar-refractivity contribution >= 4 is 33.3 Å². The van der Waals surface area contributed by atoms with Crippen molar-refractivity contribution in [1.29, 1.82) is 0 Å². The van der Waals surface area contributed by atoms with Gasteiger partial charge in [-0.05, 0) is 36.3 Å². The van der Waals surface area contributed by atoms with Gasteiger partial charge in [0.05, 0.1) is 10.2 Å². The third-order valence-corrected chi connectivity index (χ3v) is 8.43. The summed E-state index contributed by atoms with van der Waals surface area (Å²) in [5.41, 5.74) is 0.883. The van der Waals surface area contributed by atoms with Gasteiger partial charge in [-0.15, -0.1) is 0 Å². The fourth-order valence-corrected chi connectivity index (χ4v) is 6.72. The Morgan fingerprint density at radius 3 is 2.57 bits per heavy atom. The van der Waals surface area contributed by atoms with Crippen molar-refractivity contribution in [3.8, 4) is 0 Å². The molecule has 0 spiro atoms. The lowest BCUT2D eigenvalue weighted by Crippen LogP contribution is -2.52. The smallest absolute Gasteiger partial charge is 0.235 e. The first kappa shape index (κ1) is 15.4. The van der Waals surface area contributed by atoms with Gasteiger partial charge in [0.25, 0.3) is 0 Å². The molecule has 1 aliphatic heterocycles. The standard InChI is InChI=1S/C19H22BrNO2/c1-17(2)18(3)9-10-19(17,14(20)15(18)22)16(23)21-11-8-12-6-4-5-7-13(12)21/h4-7,14H,8-11H2,1-3H3/t14-,18+,19-/m1/s1. The van der Waals surface area contributed by atoms with Crippen molar-refractivity contribution in [3.63, 3.8) is 0 Å². The second-order valence-electron chi connectivity index (χ2n) is 7.99. The highest BCUT2D eigenvalue weighted by Crippen LogP contribution is 2.72. The number of rotatable bonds is 1. The summed E-state index contributed by atoms with van der Waals surface area (Å²) in [7, 11) is 0. The summed E-state index contributed by atoms with van der Waals surface area (Å²) in [6.07, 6.45) is 2.49. The van der Waals surface area contributed by atoms with E-state index in [2.05, 4.69) is 35.8 Å². The van der Waals surface area contributed by atoms with Gasteiger partial charge < -0.3 is 4.90 Å². The summed E-state index contributed by atoms with van der Waals surface area (Å²) in [5, 5.41) is 0. The number of fused-ring (bicyclic) bond motifs is 3. The number of carbonyl (C=O) groups excluding carboxylic acids is 2. The summed E-state index contributed by atoms with van der Waals surface area (Å²) in [5.74, 6) is 0.332. The topological polar surface area (TPSA) is 37.4 Å². The molecule has 2 saturated carbocycles. The molecule has 2 fully saturated rings. The number of carbonyl (C=O) groups is 2. The second-order valence-corrected chi connectivity index (χ2v) is 8.91. The second kappa shape index (κ2) is 4.47. The average Bonchev–Trinajstić information content (AvgIpc) is 3.07. The van der Waals surface area contributed by atoms with E-state index in [1.165, 1.54) is 5.56 Å². The quantitative estimate of drug-likeness (QED) is 0.701. The van der Waals surface area contributed by atoms with Crippen LogP contribution in [0.3, 0.4) is 0 Å². The third-order valence-electron chi connectivity index (χ3n) is 7.23. The van der Waals surface area contributed by atoms with E-state index >= 15 is 0 Å². The summed E-state index contributed by atoms with van der Waals surface area (Å²) in [4.78, 5) is 28.1. The molecule has 0 N–H and O–H groups in total. The van der Waals surface area contributed by atoms with Gasteiger partial charge in [0.2, 0.25) is 5.91 Å². The zero-order valence-electron chi connectivity index (χ0n) is 13.9. The Morgan fingerprint density at radius 1 is 1.22 bits per heavy atom. The van der Waals surface area contributed by atoms with E-state index in [1.807, 2.05) is 30.0 Å². The highest BCUT2D eigenvalue weighted by atomic mass is 79.9. The van der Waals surface area contributed by atoms with Gasteiger partial charge in [0.15, 0.2) is 5.78 Å². The van der Waals surface area contributed by atoms with Gasteiger partial charge >= 0.3 is 0 Å². The highest BCUT2D eigenvalue weighted by molar-refractivity contribution is 9.10. The maximum atomic E-state index is 13.6. The summed E-state index contributed by atoms with van der Waals surface area (Å²) < 4.78 is 0. The van der Waals surface area contributed by atoms with Crippen LogP contribution in [0.5, 0.6) is 0 Å². The molecular formula is C19H22BrNO2. The van der Waals surface area contributed by atoms with Crippen LogP contribution in [0.2, 0.25) is 0 Å². The molecule has 4 heteroatoms. The molecule has 2 aliphatic carbocycles. The number of para-hydroxylation sites is 1. The number of benzene rings is 1. The Kier molecular flexibility index (Phi) is 2.99. The van der Waals surface area contributed by atoms with Crippen molar-refractivity contribution in [2.45, 2.75) is 44.9 Å². The third kappa shape index (κ3) is 1.52. The molecule has 3 nitrogen and oxygen atoms in total. The first-order chi connectivity index (χ1) is 10.8. The maximum Gasteiger partial charge on any atom is 0.235 e. The molecule has 0 radical (unpaired) electrons. The minimum Gasteiger partial charge on any atom is -0.311 e. The molecule has 2 bridgehead atoms. The molecule has 1 heterocycles. The van der Waals surface area contributed by atoms with Gasteiger partial charge in [0.1, 0.15) is 0 Å². The molecule has 3 atom stereocenters. The molecule has 23 heavy (non-hydrogen) atoms. The van der Waals surface area contributed by atoms with Crippen LogP contribution in [0.1, 0.15) is 39.2 Å². The lowest BCUT2D eigenvalue weighted by atomic mass is 9.64. The van der Waals surface area contributed by atoms with E-state index in [9.17, 15) is 9.59 Å². The average molecular weight is 376 g/mol. The zero-order valence-corrected chi connectivity index (χ0v) is 15.4. The summed E-state index contributed by atoms with van der Waals surface area (Å²) in [6.45, 7) is 6.99. The van der Waals surface area contributed by atoms with Crippen LogP contribution in [0.4, 0.5) is 5.69 Å². The first-order valence-corrected chi connectivity index (χ1v) is 9.27. The number of halogens is 1. The minimum atomic E-state index is -0.629. The molecule has 1 amide bonds. The van der Waals surface area contributed by atoms with Gasteiger partial charge in [-0.3, -0.25) is 9.59 Å². The van der Waals surface area contributed by atoms with E-state index in [-0.39, 0.29) is 21.9 Å². The minimum absolute atomic E-state index is 0.129.